The molecular weight excluding hydrogens is 240 g/mol. The van der Waals surface area contributed by atoms with Crippen LogP contribution in [0.1, 0.15) is 27.2 Å². The molecule has 0 aromatic carbocycles. The molecule has 0 aromatic heterocycles. The molecule has 0 bridgehead atoms. The Morgan fingerprint density at radius 1 is 0.786 bits per heavy atom. The van der Waals surface area contributed by atoms with E-state index >= 15 is 0 Å². The molecule has 0 radical (unpaired) electrons. The Morgan fingerprint density at radius 2 is 1.29 bits per heavy atom. The summed E-state index contributed by atoms with van der Waals surface area (Å²) in [4.78, 5) is 4.99. The van der Waals surface area contributed by atoms with Crippen LogP contribution in [-0.4, -0.2) is 54.4 Å². The highest BCUT2D eigenvalue weighted by atomic mass is 79.9. The average Bonchev–Trinajstić information content (AvgIpc) is 2.23. The zero-order valence-electron chi connectivity index (χ0n) is 9.93. The van der Waals surface area contributed by atoms with Crippen LogP contribution in [0.25, 0.3) is 0 Å². The first-order chi connectivity index (χ1) is 6.78. The van der Waals surface area contributed by atoms with Gasteiger partial charge in [-0.1, -0.05) is 36.7 Å². The van der Waals surface area contributed by atoms with Crippen LogP contribution in [0.15, 0.2) is 0 Å². The van der Waals surface area contributed by atoms with Crippen LogP contribution in [0.4, 0.5) is 0 Å². The standard InChI is InChI=1S/C11H25BrN2/c1-4-13(5-2)9-7-10-14(6-3)11-8-12/h4-11H2,1-3H3. The molecule has 0 spiro atoms. The van der Waals surface area contributed by atoms with E-state index in [2.05, 4.69) is 46.5 Å². The molecule has 3 heteroatoms. The van der Waals surface area contributed by atoms with Gasteiger partial charge in [0, 0.05) is 11.9 Å². The molecule has 2 nitrogen and oxygen atoms in total. The van der Waals surface area contributed by atoms with Gasteiger partial charge in [-0.2, -0.15) is 0 Å². The Bertz CT molecular complexity index is 116. The Kier molecular flexibility index (Phi) is 10.2. The minimum atomic E-state index is 1.09. The molecule has 0 unspecified atom stereocenters. The summed E-state index contributed by atoms with van der Waals surface area (Å²) >= 11 is 3.49. The summed E-state index contributed by atoms with van der Waals surface area (Å²) in [6.45, 7) is 13.9. The molecule has 0 aliphatic carbocycles. The number of nitrogens with zero attached hydrogens (tertiary/aromatic N) is 2. The molecule has 0 aliphatic heterocycles. The zero-order valence-corrected chi connectivity index (χ0v) is 11.5. The van der Waals surface area contributed by atoms with Crippen LogP contribution < -0.4 is 0 Å². The Balaban J connectivity index is 3.48. The lowest BCUT2D eigenvalue weighted by Gasteiger charge is -2.22. The highest BCUT2D eigenvalue weighted by molar-refractivity contribution is 9.09. The van der Waals surface area contributed by atoms with E-state index in [9.17, 15) is 0 Å². The molecule has 86 valence electrons. The molecular formula is C11H25BrN2. The fourth-order valence-corrected chi connectivity index (χ4v) is 2.11. The monoisotopic (exact) mass is 264 g/mol. The molecule has 0 atom stereocenters. The predicted octanol–water partition coefficient (Wildman–Crippen LogP) is 2.44. The number of halogens is 1. The molecule has 0 saturated heterocycles. The van der Waals surface area contributed by atoms with E-state index in [4.69, 9.17) is 0 Å². The molecule has 0 heterocycles. The van der Waals surface area contributed by atoms with Crippen molar-refractivity contribution in [2.24, 2.45) is 0 Å². The normalized spacial score (nSPS) is 11.6. The van der Waals surface area contributed by atoms with Crippen molar-refractivity contribution in [3.8, 4) is 0 Å². The predicted molar refractivity (Wildman–Crippen MR) is 68.3 cm³/mol. The second-order valence-corrected chi connectivity index (χ2v) is 4.30. The topological polar surface area (TPSA) is 6.48 Å². The summed E-state index contributed by atoms with van der Waals surface area (Å²) in [6.07, 6.45) is 1.29. The van der Waals surface area contributed by atoms with Crippen LogP contribution >= 0.6 is 15.9 Å². The fraction of sp³-hybridized carbons (Fsp3) is 1.00. The van der Waals surface area contributed by atoms with Gasteiger partial charge in [-0.05, 0) is 39.1 Å². The third-order valence-corrected chi connectivity index (χ3v) is 3.05. The summed E-state index contributed by atoms with van der Waals surface area (Å²) in [5.74, 6) is 0. The second kappa shape index (κ2) is 9.94. The number of rotatable bonds is 9. The summed E-state index contributed by atoms with van der Waals surface area (Å²) in [5.41, 5.74) is 0. The van der Waals surface area contributed by atoms with Gasteiger partial charge in [0.05, 0.1) is 0 Å². The number of alkyl halides is 1. The van der Waals surface area contributed by atoms with Gasteiger partial charge < -0.3 is 9.80 Å². The summed E-state index contributed by atoms with van der Waals surface area (Å²) < 4.78 is 0. The van der Waals surface area contributed by atoms with Gasteiger partial charge in [0.25, 0.3) is 0 Å². The summed E-state index contributed by atoms with van der Waals surface area (Å²) in [7, 11) is 0. The first kappa shape index (κ1) is 14.4. The van der Waals surface area contributed by atoms with Crippen molar-refractivity contribution in [3.63, 3.8) is 0 Å². The van der Waals surface area contributed by atoms with Crippen molar-refractivity contribution in [2.75, 3.05) is 44.6 Å². The largest absolute Gasteiger partial charge is 0.304 e. The first-order valence-electron chi connectivity index (χ1n) is 5.79. The van der Waals surface area contributed by atoms with Crippen molar-refractivity contribution in [1.29, 1.82) is 0 Å². The SMILES string of the molecule is CCN(CC)CCCN(CC)CCBr. The Labute approximate surface area is 97.8 Å². The van der Waals surface area contributed by atoms with Gasteiger partial charge in [0.1, 0.15) is 0 Å². The van der Waals surface area contributed by atoms with Crippen molar-refractivity contribution in [2.45, 2.75) is 27.2 Å². The lowest BCUT2D eigenvalue weighted by Crippen LogP contribution is -2.31. The minimum Gasteiger partial charge on any atom is -0.304 e. The maximum atomic E-state index is 3.49. The first-order valence-corrected chi connectivity index (χ1v) is 6.91. The maximum absolute atomic E-state index is 3.49. The Hall–Kier alpha value is 0.400. The van der Waals surface area contributed by atoms with Gasteiger partial charge in [-0.25, -0.2) is 0 Å². The van der Waals surface area contributed by atoms with Gasteiger partial charge >= 0.3 is 0 Å². The zero-order chi connectivity index (χ0) is 10.8. The molecule has 0 saturated carbocycles. The molecule has 0 aromatic rings. The van der Waals surface area contributed by atoms with E-state index in [-0.39, 0.29) is 0 Å². The Morgan fingerprint density at radius 3 is 1.71 bits per heavy atom. The molecule has 0 N–H and O–H groups in total. The van der Waals surface area contributed by atoms with E-state index in [0.29, 0.717) is 0 Å². The van der Waals surface area contributed by atoms with E-state index in [1.165, 1.54) is 45.7 Å². The molecule has 14 heavy (non-hydrogen) atoms. The molecule has 0 amide bonds. The highest BCUT2D eigenvalue weighted by Gasteiger charge is 2.02. The van der Waals surface area contributed by atoms with E-state index in [1.54, 1.807) is 0 Å². The smallest absolute Gasteiger partial charge is 0.0159 e. The number of hydrogen-bond donors (Lipinski definition) is 0. The van der Waals surface area contributed by atoms with Crippen molar-refractivity contribution < 1.29 is 0 Å². The minimum absolute atomic E-state index is 1.09. The van der Waals surface area contributed by atoms with Crippen LogP contribution in [0.5, 0.6) is 0 Å². The second-order valence-electron chi connectivity index (χ2n) is 3.50. The van der Waals surface area contributed by atoms with Crippen LogP contribution in [0, 0.1) is 0 Å². The van der Waals surface area contributed by atoms with Gasteiger partial charge in [0.15, 0.2) is 0 Å². The quantitative estimate of drug-likeness (QED) is 0.591. The van der Waals surface area contributed by atoms with Gasteiger partial charge in [-0.3, -0.25) is 0 Å². The van der Waals surface area contributed by atoms with E-state index < -0.39 is 0 Å². The third-order valence-electron chi connectivity index (χ3n) is 2.69. The summed E-state index contributed by atoms with van der Waals surface area (Å²) in [5, 5.41) is 1.09. The van der Waals surface area contributed by atoms with E-state index in [0.717, 1.165) is 5.33 Å². The lowest BCUT2D eigenvalue weighted by molar-refractivity contribution is 0.252. The summed E-state index contributed by atoms with van der Waals surface area (Å²) in [6, 6.07) is 0. The molecule has 0 fully saturated rings. The van der Waals surface area contributed by atoms with Crippen LogP contribution in [-0.2, 0) is 0 Å². The van der Waals surface area contributed by atoms with Crippen molar-refractivity contribution in [1.82, 2.24) is 9.80 Å². The molecule has 0 rings (SSSR count). The highest BCUT2D eigenvalue weighted by Crippen LogP contribution is 1.96. The van der Waals surface area contributed by atoms with Crippen LogP contribution in [0.2, 0.25) is 0 Å². The third kappa shape index (κ3) is 6.80. The average molecular weight is 265 g/mol. The van der Waals surface area contributed by atoms with Gasteiger partial charge in [-0.15, -0.1) is 0 Å². The van der Waals surface area contributed by atoms with Gasteiger partial charge in [0.2, 0.25) is 0 Å². The number of hydrogen-bond acceptors (Lipinski definition) is 2. The van der Waals surface area contributed by atoms with Crippen molar-refractivity contribution in [3.05, 3.63) is 0 Å². The molecule has 0 aliphatic rings. The fourth-order valence-electron chi connectivity index (χ4n) is 1.61. The van der Waals surface area contributed by atoms with Crippen LogP contribution in [0.3, 0.4) is 0 Å². The maximum Gasteiger partial charge on any atom is 0.0159 e. The van der Waals surface area contributed by atoms with E-state index in [1.807, 2.05) is 0 Å². The van der Waals surface area contributed by atoms with Crippen molar-refractivity contribution >= 4 is 15.9 Å². The lowest BCUT2D eigenvalue weighted by atomic mass is 10.3.